The van der Waals surface area contributed by atoms with Gasteiger partial charge in [-0.05, 0) is 18.1 Å². The molecule has 1 aromatic carbocycles. The molecule has 0 spiro atoms. The Labute approximate surface area is 82.1 Å². The molecule has 0 aliphatic heterocycles. The second-order valence-electron chi connectivity index (χ2n) is 2.86. The van der Waals surface area contributed by atoms with Crippen LogP contribution in [0.15, 0.2) is 28.7 Å². The van der Waals surface area contributed by atoms with E-state index in [2.05, 4.69) is 34.8 Å². The lowest BCUT2D eigenvalue weighted by Crippen LogP contribution is -1.96. The van der Waals surface area contributed by atoms with Gasteiger partial charge in [0.25, 0.3) is 0 Å². The van der Waals surface area contributed by atoms with Crippen molar-refractivity contribution in [3.8, 4) is 12.3 Å². The molecule has 1 rings (SSSR count). The quantitative estimate of drug-likeness (QED) is 0.675. The van der Waals surface area contributed by atoms with Gasteiger partial charge < -0.3 is 0 Å². The first kappa shape index (κ1) is 9.35. The maximum absolute atomic E-state index is 5.30. The average molecular weight is 223 g/mol. The highest BCUT2D eigenvalue weighted by Crippen LogP contribution is 2.18. The molecular formula is C11H11Br. The van der Waals surface area contributed by atoms with Crippen LogP contribution in [0.4, 0.5) is 0 Å². The molecule has 0 N–H and O–H groups in total. The zero-order valence-corrected chi connectivity index (χ0v) is 8.64. The standard InChI is InChI=1S/C11H11Br/c1-3-9(2)8-10-6-4-5-7-11(10)12/h1,4-7,9H,8H2,2H3. The van der Waals surface area contributed by atoms with Crippen molar-refractivity contribution >= 4 is 15.9 Å². The molecule has 0 radical (unpaired) electrons. The fraction of sp³-hybridized carbons (Fsp3) is 0.273. The highest BCUT2D eigenvalue weighted by atomic mass is 79.9. The van der Waals surface area contributed by atoms with Crippen LogP contribution in [0.3, 0.4) is 0 Å². The maximum Gasteiger partial charge on any atom is 0.0212 e. The SMILES string of the molecule is C#CC(C)Cc1ccccc1Br. The molecule has 0 aliphatic rings. The molecular weight excluding hydrogens is 212 g/mol. The lowest BCUT2D eigenvalue weighted by atomic mass is 10.0. The summed E-state index contributed by atoms with van der Waals surface area (Å²) in [4.78, 5) is 0. The van der Waals surface area contributed by atoms with Crippen molar-refractivity contribution in [3.05, 3.63) is 34.3 Å². The van der Waals surface area contributed by atoms with E-state index in [0.29, 0.717) is 5.92 Å². The fourth-order valence-corrected chi connectivity index (χ4v) is 1.50. The maximum atomic E-state index is 5.30. The molecule has 1 unspecified atom stereocenters. The number of benzene rings is 1. The van der Waals surface area contributed by atoms with Crippen molar-refractivity contribution in [2.45, 2.75) is 13.3 Å². The van der Waals surface area contributed by atoms with Gasteiger partial charge in [-0.15, -0.1) is 12.3 Å². The van der Waals surface area contributed by atoms with Crippen molar-refractivity contribution in [1.29, 1.82) is 0 Å². The Hall–Kier alpha value is -0.740. The molecule has 0 saturated heterocycles. The normalized spacial score (nSPS) is 12.1. The Balaban J connectivity index is 2.77. The number of hydrogen-bond acceptors (Lipinski definition) is 0. The number of hydrogen-bond donors (Lipinski definition) is 0. The third kappa shape index (κ3) is 2.39. The molecule has 0 aliphatic carbocycles. The van der Waals surface area contributed by atoms with Crippen LogP contribution in [0.25, 0.3) is 0 Å². The first-order valence-corrected chi connectivity index (χ1v) is 4.73. The number of terminal acetylenes is 1. The fourth-order valence-electron chi connectivity index (χ4n) is 1.05. The molecule has 0 saturated carbocycles. The molecule has 1 atom stereocenters. The van der Waals surface area contributed by atoms with Crippen LogP contribution in [0.1, 0.15) is 12.5 Å². The van der Waals surface area contributed by atoms with Crippen molar-refractivity contribution < 1.29 is 0 Å². The lowest BCUT2D eigenvalue weighted by molar-refractivity contribution is 0.749. The Bertz CT molecular complexity index is 296. The Morgan fingerprint density at radius 2 is 2.17 bits per heavy atom. The van der Waals surface area contributed by atoms with E-state index in [0.717, 1.165) is 10.9 Å². The average Bonchev–Trinajstić information content (AvgIpc) is 2.09. The third-order valence-electron chi connectivity index (χ3n) is 1.77. The van der Waals surface area contributed by atoms with Gasteiger partial charge in [0, 0.05) is 10.4 Å². The minimum absolute atomic E-state index is 0.309. The third-order valence-corrected chi connectivity index (χ3v) is 2.54. The molecule has 0 aromatic heterocycles. The van der Waals surface area contributed by atoms with E-state index in [1.54, 1.807) is 0 Å². The highest BCUT2D eigenvalue weighted by molar-refractivity contribution is 9.10. The van der Waals surface area contributed by atoms with Crippen LogP contribution in [0.5, 0.6) is 0 Å². The zero-order valence-electron chi connectivity index (χ0n) is 7.05. The Kier molecular flexibility index (Phi) is 3.37. The summed E-state index contributed by atoms with van der Waals surface area (Å²) in [6.07, 6.45) is 6.25. The molecule has 0 nitrogen and oxygen atoms in total. The van der Waals surface area contributed by atoms with Crippen molar-refractivity contribution in [3.63, 3.8) is 0 Å². The Morgan fingerprint density at radius 3 is 2.75 bits per heavy atom. The van der Waals surface area contributed by atoms with Gasteiger partial charge >= 0.3 is 0 Å². The summed E-state index contributed by atoms with van der Waals surface area (Å²) in [7, 11) is 0. The van der Waals surface area contributed by atoms with Gasteiger partial charge in [0.05, 0.1) is 0 Å². The monoisotopic (exact) mass is 222 g/mol. The number of halogens is 1. The van der Waals surface area contributed by atoms with Gasteiger partial charge in [-0.25, -0.2) is 0 Å². The molecule has 1 heteroatoms. The lowest BCUT2D eigenvalue weighted by Gasteiger charge is -2.05. The zero-order chi connectivity index (χ0) is 8.97. The summed E-state index contributed by atoms with van der Waals surface area (Å²) in [5, 5.41) is 0. The molecule has 62 valence electrons. The highest BCUT2D eigenvalue weighted by Gasteiger charge is 2.02. The van der Waals surface area contributed by atoms with E-state index in [9.17, 15) is 0 Å². The predicted octanol–water partition coefficient (Wildman–Crippen LogP) is 3.26. The van der Waals surface area contributed by atoms with Gasteiger partial charge in [-0.2, -0.15) is 0 Å². The minimum Gasteiger partial charge on any atom is -0.120 e. The summed E-state index contributed by atoms with van der Waals surface area (Å²) >= 11 is 3.49. The predicted molar refractivity (Wildman–Crippen MR) is 55.8 cm³/mol. The number of rotatable bonds is 2. The van der Waals surface area contributed by atoms with Crippen LogP contribution >= 0.6 is 15.9 Å². The second kappa shape index (κ2) is 4.33. The largest absolute Gasteiger partial charge is 0.120 e. The van der Waals surface area contributed by atoms with Gasteiger partial charge in [-0.1, -0.05) is 41.1 Å². The topological polar surface area (TPSA) is 0 Å². The minimum atomic E-state index is 0.309. The molecule has 0 fully saturated rings. The summed E-state index contributed by atoms with van der Waals surface area (Å²) in [6.45, 7) is 2.06. The van der Waals surface area contributed by atoms with Crippen molar-refractivity contribution in [2.24, 2.45) is 5.92 Å². The van der Waals surface area contributed by atoms with Crippen molar-refractivity contribution in [1.82, 2.24) is 0 Å². The van der Waals surface area contributed by atoms with Crippen LogP contribution in [0.2, 0.25) is 0 Å². The van der Waals surface area contributed by atoms with Crippen LogP contribution in [-0.4, -0.2) is 0 Å². The van der Waals surface area contributed by atoms with Gasteiger partial charge in [0.1, 0.15) is 0 Å². The van der Waals surface area contributed by atoms with E-state index < -0.39 is 0 Å². The van der Waals surface area contributed by atoms with Crippen LogP contribution < -0.4 is 0 Å². The summed E-state index contributed by atoms with van der Waals surface area (Å²) in [6, 6.07) is 8.17. The van der Waals surface area contributed by atoms with E-state index in [1.807, 2.05) is 18.2 Å². The second-order valence-corrected chi connectivity index (χ2v) is 3.72. The van der Waals surface area contributed by atoms with Gasteiger partial charge in [0.15, 0.2) is 0 Å². The Morgan fingerprint density at radius 1 is 1.50 bits per heavy atom. The van der Waals surface area contributed by atoms with Crippen molar-refractivity contribution in [2.75, 3.05) is 0 Å². The molecule has 1 aromatic rings. The smallest absolute Gasteiger partial charge is 0.0212 e. The summed E-state index contributed by atoms with van der Waals surface area (Å²) in [5.74, 6) is 3.03. The van der Waals surface area contributed by atoms with E-state index in [4.69, 9.17) is 6.42 Å². The van der Waals surface area contributed by atoms with E-state index in [-0.39, 0.29) is 0 Å². The molecule has 0 amide bonds. The van der Waals surface area contributed by atoms with Crippen LogP contribution in [-0.2, 0) is 6.42 Å². The van der Waals surface area contributed by atoms with E-state index >= 15 is 0 Å². The van der Waals surface area contributed by atoms with Gasteiger partial charge in [-0.3, -0.25) is 0 Å². The first-order valence-electron chi connectivity index (χ1n) is 3.93. The first-order chi connectivity index (χ1) is 5.74. The van der Waals surface area contributed by atoms with Gasteiger partial charge in [0.2, 0.25) is 0 Å². The molecule has 12 heavy (non-hydrogen) atoms. The van der Waals surface area contributed by atoms with Crippen LogP contribution in [0, 0.1) is 18.3 Å². The summed E-state index contributed by atoms with van der Waals surface area (Å²) in [5.41, 5.74) is 1.28. The molecule has 0 heterocycles. The molecule has 0 bridgehead atoms. The summed E-state index contributed by atoms with van der Waals surface area (Å²) < 4.78 is 1.15. The van der Waals surface area contributed by atoms with E-state index in [1.165, 1.54) is 5.56 Å².